The number of benzene rings is 2. The topological polar surface area (TPSA) is 78.0 Å². The molecular formula is C28H29N7. The summed E-state index contributed by atoms with van der Waals surface area (Å²) in [6, 6.07) is 20.5. The van der Waals surface area contributed by atoms with Crippen LogP contribution in [0.15, 0.2) is 85.8 Å². The number of aromatic nitrogens is 3. The molecule has 35 heavy (non-hydrogen) atoms. The largest absolute Gasteiger partial charge is 0.369 e. The van der Waals surface area contributed by atoms with Crippen LogP contribution in [0.3, 0.4) is 0 Å². The summed E-state index contributed by atoms with van der Waals surface area (Å²) in [6.45, 7) is 10.4. The van der Waals surface area contributed by atoms with E-state index in [4.69, 9.17) is 0 Å². The van der Waals surface area contributed by atoms with Gasteiger partial charge in [0.2, 0.25) is 5.95 Å². The Morgan fingerprint density at radius 1 is 1.00 bits per heavy atom. The van der Waals surface area contributed by atoms with Gasteiger partial charge in [-0.15, -0.1) is 0 Å². The molecule has 0 bridgehead atoms. The van der Waals surface area contributed by atoms with Crippen molar-refractivity contribution in [3.63, 3.8) is 0 Å². The molecule has 0 spiro atoms. The van der Waals surface area contributed by atoms with Crippen molar-refractivity contribution in [1.29, 1.82) is 0 Å². The Balaban J connectivity index is 1.28. The molecule has 1 aliphatic rings. The lowest BCUT2D eigenvalue weighted by Gasteiger charge is -2.29. The van der Waals surface area contributed by atoms with Gasteiger partial charge in [0.15, 0.2) is 0 Å². The first-order chi connectivity index (χ1) is 17.2. The average Bonchev–Trinajstić information content (AvgIpc) is 2.92. The Hall–Kier alpha value is -4.23. The molecule has 3 heterocycles. The summed E-state index contributed by atoms with van der Waals surface area (Å²) in [4.78, 5) is 15.6. The summed E-state index contributed by atoms with van der Waals surface area (Å²) in [5, 5.41) is 10.2. The Bertz CT molecular complexity index is 1300. The summed E-state index contributed by atoms with van der Waals surface area (Å²) in [5.74, 6) is 0.536. The van der Waals surface area contributed by atoms with Gasteiger partial charge in [-0.1, -0.05) is 24.8 Å². The zero-order valence-corrected chi connectivity index (χ0v) is 19.8. The molecule has 7 heteroatoms. The first-order valence-corrected chi connectivity index (χ1v) is 11.8. The highest BCUT2D eigenvalue weighted by atomic mass is 15.2. The Morgan fingerprint density at radius 3 is 2.60 bits per heavy atom. The maximum absolute atomic E-state index is 4.66. The van der Waals surface area contributed by atoms with E-state index in [1.54, 1.807) is 18.6 Å². The number of anilines is 4. The van der Waals surface area contributed by atoms with Crippen molar-refractivity contribution in [3.05, 3.63) is 97.0 Å². The van der Waals surface area contributed by atoms with Crippen LogP contribution in [0.25, 0.3) is 17.0 Å². The number of pyridine rings is 1. The summed E-state index contributed by atoms with van der Waals surface area (Å²) in [7, 11) is 0. The molecule has 176 valence electrons. The van der Waals surface area contributed by atoms with E-state index < -0.39 is 0 Å². The van der Waals surface area contributed by atoms with Crippen molar-refractivity contribution in [2.24, 2.45) is 0 Å². The number of piperazine rings is 1. The van der Waals surface area contributed by atoms with Crippen LogP contribution in [0.1, 0.15) is 11.1 Å². The normalized spacial score (nSPS) is 13.3. The molecule has 0 unspecified atom stereocenters. The van der Waals surface area contributed by atoms with Crippen LogP contribution >= 0.6 is 0 Å². The predicted octanol–water partition coefficient (Wildman–Crippen LogP) is 5.08. The monoisotopic (exact) mass is 463 g/mol. The summed E-state index contributed by atoms with van der Waals surface area (Å²) in [5.41, 5.74) is 7.89. The second-order valence-corrected chi connectivity index (χ2v) is 8.55. The highest BCUT2D eigenvalue weighted by molar-refractivity contribution is 5.78. The van der Waals surface area contributed by atoms with E-state index in [1.807, 2.05) is 24.3 Å². The molecule has 2 aromatic heterocycles. The SMILES string of the molecule is C=C(Nc1ccc(C)c(Nc2nccc(-c3cccnc3)n2)c1)c1ccc(N2CCNCC2)cc1. The Labute approximate surface area is 206 Å². The molecule has 2 aromatic carbocycles. The van der Waals surface area contributed by atoms with Gasteiger partial charge in [0.25, 0.3) is 0 Å². The molecule has 0 atom stereocenters. The number of aryl methyl sites for hydroxylation is 1. The summed E-state index contributed by atoms with van der Waals surface area (Å²) < 4.78 is 0. The van der Waals surface area contributed by atoms with Crippen LogP contribution < -0.4 is 20.9 Å². The van der Waals surface area contributed by atoms with E-state index in [2.05, 4.69) is 85.7 Å². The fraction of sp³-hybridized carbons (Fsp3) is 0.179. The molecule has 0 saturated carbocycles. The smallest absolute Gasteiger partial charge is 0.227 e. The summed E-state index contributed by atoms with van der Waals surface area (Å²) >= 11 is 0. The number of nitrogens with one attached hydrogen (secondary N) is 3. The van der Waals surface area contributed by atoms with Gasteiger partial charge in [-0.3, -0.25) is 4.98 Å². The van der Waals surface area contributed by atoms with Crippen molar-refractivity contribution >= 4 is 28.7 Å². The van der Waals surface area contributed by atoms with Crippen LogP contribution in [0.5, 0.6) is 0 Å². The van der Waals surface area contributed by atoms with E-state index in [-0.39, 0.29) is 0 Å². The quantitative estimate of drug-likeness (QED) is 0.353. The highest BCUT2D eigenvalue weighted by Gasteiger charge is 2.11. The van der Waals surface area contributed by atoms with E-state index in [1.165, 1.54) is 5.69 Å². The van der Waals surface area contributed by atoms with Crippen LogP contribution in [0, 0.1) is 6.92 Å². The molecule has 1 aliphatic heterocycles. The van der Waals surface area contributed by atoms with Gasteiger partial charge >= 0.3 is 0 Å². The standard InChI is InChI=1S/C28H29N7/c1-20-5-8-24(32-21(2)22-6-9-25(10-7-22)35-16-14-29-15-17-35)18-27(20)34-28-31-13-11-26(33-28)23-4-3-12-30-19-23/h3-13,18-19,29,32H,2,14-17H2,1H3,(H,31,33,34). The summed E-state index contributed by atoms with van der Waals surface area (Å²) in [6.07, 6.45) is 5.30. The molecule has 0 radical (unpaired) electrons. The third-order valence-electron chi connectivity index (χ3n) is 6.09. The minimum absolute atomic E-state index is 0.536. The average molecular weight is 464 g/mol. The second kappa shape index (κ2) is 10.4. The van der Waals surface area contributed by atoms with E-state index in [0.29, 0.717) is 5.95 Å². The van der Waals surface area contributed by atoms with Gasteiger partial charge < -0.3 is 20.9 Å². The number of nitrogens with zero attached hydrogens (tertiary/aromatic N) is 4. The number of hydrogen-bond donors (Lipinski definition) is 3. The molecule has 3 N–H and O–H groups in total. The van der Waals surface area contributed by atoms with Gasteiger partial charge in [0.1, 0.15) is 0 Å². The zero-order valence-electron chi connectivity index (χ0n) is 19.8. The maximum atomic E-state index is 4.66. The van der Waals surface area contributed by atoms with Gasteiger partial charge in [-0.05, 0) is 60.5 Å². The maximum Gasteiger partial charge on any atom is 0.227 e. The molecule has 0 amide bonds. The lowest BCUT2D eigenvalue weighted by molar-refractivity contribution is 0.589. The molecule has 1 saturated heterocycles. The molecule has 4 aromatic rings. The van der Waals surface area contributed by atoms with Crippen LogP contribution in [0.2, 0.25) is 0 Å². The van der Waals surface area contributed by atoms with Crippen molar-refractivity contribution in [1.82, 2.24) is 20.3 Å². The van der Waals surface area contributed by atoms with Crippen molar-refractivity contribution in [3.8, 4) is 11.3 Å². The molecular weight excluding hydrogens is 434 g/mol. The van der Waals surface area contributed by atoms with Gasteiger partial charge in [-0.25, -0.2) is 9.97 Å². The number of hydrogen-bond acceptors (Lipinski definition) is 7. The highest BCUT2D eigenvalue weighted by Crippen LogP contribution is 2.27. The number of rotatable bonds is 7. The van der Waals surface area contributed by atoms with Crippen molar-refractivity contribution < 1.29 is 0 Å². The Morgan fingerprint density at radius 2 is 1.83 bits per heavy atom. The van der Waals surface area contributed by atoms with Gasteiger partial charge in [0, 0.05) is 73.1 Å². The van der Waals surface area contributed by atoms with Gasteiger partial charge in [-0.2, -0.15) is 0 Å². The van der Waals surface area contributed by atoms with Crippen LogP contribution in [-0.2, 0) is 0 Å². The third-order valence-corrected chi connectivity index (χ3v) is 6.09. The fourth-order valence-electron chi connectivity index (χ4n) is 4.09. The van der Waals surface area contributed by atoms with E-state index >= 15 is 0 Å². The first-order valence-electron chi connectivity index (χ1n) is 11.8. The fourth-order valence-corrected chi connectivity index (χ4v) is 4.09. The van der Waals surface area contributed by atoms with Crippen molar-refractivity contribution in [2.75, 3.05) is 41.7 Å². The minimum atomic E-state index is 0.536. The van der Waals surface area contributed by atoms with E-state index in [0.717, 1.165) is 65.6 Å². The zero-order chi connectivity index (χ0) is 24.0. The third kappa shape index (κ3) is 5.47. The van der Waals surface area contributed by atoms with Crippen LogP contribution in [0.4, 0.5) is 23.0 Å². The molecule has 1 fully saturated rings. The molecule has 7 nitrogen and oxygen atoms in total. The predicted molar refractivity (Wildman–Crippen MR) is 144 cm³/mol. The second-order valence-electron chi connectivity index (χ2n) is 8.55. The van der Waals surface area contributed by atoms with Gasteiger partial charge in [0.05, 0.1) is 5.69 Å². The molecule has 0 aliphatic carbocycles. The molecule has 5 rings (SSSR count). The minimum Gasteiger partial charge on any atom is -0.369 e. The van der Waals surface area contributed by atoms with Crippen molar-refractivity contribution in [2.45, 2.75) is 6.92 Å². The van der Waals surface area contributed by atoms with E-state index in [9.17, 15) is 0 Å². The lowest BCUT2D eigenvalue weighted by Crippen LogP contribution is -2.43. The lowest BCUT2D eigenvalue weighted by atomic mass is 10.1. The van der Waals surface area contributed by atoms with Crippen LogP contribution in [-0.4, -0.2) is 41.1 Å². The Kier molecular flexibility index (Phi) is 6.68. The first kappa shape index (κ1) is 22.6.